The van der Waals surface area contributed by atoms with Crippen molar-refractivity contribution in [2.24, 2.45) is 5.73 Å². The molecule has 18 heavy (non-hydrogen) atoms. The first-order chi connectivity index (χ1) is 8.63. The van der Waals surface area contributed by atoms with Gasteiger partial charge in [0, 0.05) is 16.6 Å². The summed E-state index contributed by atoms with van der Waals surface area (Å²) in [4.78, 5) is 2.43. The van der Waals surface area contributed by atoms with Crippen LogP contribution in [0.2, 0.25) is 5.02 Å². The van der Waals surface area contributed by atoms with E-state index in [0.717, 1.165) is 29.4 Å². The zero-order chi connectivity index (χ0) is 13.1. The summed E-state index contributed by atoms with van der Waals surface area (Å²) >= 11 is 6.11. The zero-order valence-corrected chi connectivity index (χ0v) is 11.8. The maximum Gasteiger partial charge on any atom is 0.123 e. The highest BCUT2D eigenvalue weighted by Crippen LogP contribution is 2.35. The molecule has 0 amide bonds. The third kappa shape index (κ3) is 2.79. The van der Waals surface area contributed by atoms with Crippen LogP contribution in [0.3, 0.4) is 0 Å². The molecule has 2 unspecified atom stereocenters. The van der Waals surface area contributed by atoms with E-state index in [1.807, 2.05) is 25.1 Å². The molecule has 3 nitrogen and oxygen atoms in total. The van der Waals surface area contributed by atoms with Gasteiger partial charge in [-0.3, -0.25) is 4.90 Å². The largest absolute Gasteiger partial charge is 0.496 e. The van der Waals surface area contributed by atoms with Crippen LogP contribution in [0, 0.1) is 0 Å². The molecule has 1 aliphatic rings. The molecular formula is C14H21ClN2O. The van der Waals surface area contributed by atoms with Crippen LogP contribution in [0.1, 0.15) is 31.4 Å². The van der Waals surface area contributed by atoms with Gasteiger partial charge in [-0.25, -0.2) is 0 Å². The van der Waals surface area contributed by atoms with Crippen LogP contribution in [0.5, 0.6) is 5.75 Å². The van der Waals surface area contributed by atoms with E-state index in [4.69, 9.17) is 22.1 Å². The van der Waals surface area contributed by atoms with Crippen LogP contribution in [0.4, 0.5) is 0 Å². The number of nitrogens with two attached hydrogens (primary N) is 1. The van der Waals surface area contributed by atoms with Crippen molar-refractivity contribution in [2.75, 3.05) is 20.2 Å². The van der Waals surface area contributed by atoms with Crippen molar-refractivity contribution >= 4 is 11.6 Å². The summed E-state index contributed by atoms with van der Waals surface area (Å²) in [6.45, 7) is 4.24. The van der Waals surface area contributed by atoms with E-state index in [1.165, 1.54) is 12.8 Å². The van der Waals surface area contributed by atoms with Crippen LogP contribution in [-0.4, -0.2) is 31.1 Å². The van der Waals surface area contributed by atoms with Gasteiger partial charge in [-0.15, -0.1) is 0 Å². The molecule has 1 aliphatic heterocycles. The van der Waals surface area contributed by atoms with Gasteiger partial charge < -0.3 is 10.5 Å². The second-order valence-electron chi connectivity index (χ2n) is 4.93. The minimum Gasteiger partial charge on any atom is -0.496 e. The predicted molar refractivity (Wildman–Crippen MR) is 75.2 cm³/mol. The van der Waals surface area contributed by atoms with Crippen LogP contribution in [0.25, 0.3) is 0 Å². The molecule has 0 bridgehead atoms. The molecular weight excluding hydrogens is 248 g/mol. The minimum atomic E-state index is 0.0514. The fraction of sp³-hybridized carbons (Fsp3) is 0.571. The number of halogens is 1. The lowest BCUT2D eigenvalue weighted by Crippen LogP contribution is -2.38. The molecule has 0 spiro atoms. The zero-order valence-electron chi connectivity index (χ0n) is 11.0. The Morgan fingerprint density at radius 2 is 2.00 bits per heavy atom. The molecule has 4 heteroatoms. The van der Waals surface area contributed by atoms with Gasteiger partial charge in [0.1, 0.15) is 5.75 Å². The fourth-order valence-corrected chi connectivity index (χ4v) is 2.95. The molecule has 0 aromatic heterocycles. The Morgan fingerprint density at radius 3 is 2.56 bits per heavy atom. The minimum absolute atomic E-state index is 0.0514. The second kappa shape index (κ2) is 5.91. The highest BCUT2D eigenvalue weighted by molar-refractivity contribution is 6.30. The number of methoxy groups -OCH3 is 1. The topological polar surface area (TPSA) is 38.5 Å². The first kappa shape index (κ1) is 13.7. The van der Waals surface area contributed by atoms with Gasteiger partial charge in [-0.1, -0.05) is 11.6 Å². The Morgan fingerprint density at radius 1 is 1.33 bits per heavy atom. The van der Waals surface area contributed by atoms with Crippen molar-refractivity contribution in [2.45, 2.75) is 31.8 Å². The molecule has 0 radical (unpaired) electrons. The SMILES string of the molecule is COc1ccc(Cl)cc1C(C(C)N)N1CCCC1. The number of likely N-dealkylation sites (tertiary alicyclic amines) is 1. The molecule has 0 saturated carbocycles. The number of hydrogen-bond donors (Lipinski definition) is 1. The molecule has 2 atom stereocenters. The lowest BCUT2D eigenvalue weighted by atomic mass is 9.98. The highest BCUT2D eigenvalue weighted by Gasteiger charge is 2.28. The van der Waals surface area contributed by atoms with Gasteiger partial charge in [-0.2, -0.15) is 0 Å². The molecule has 1 fully saturated rings. The lowest BCUT2D eigenvalue weighted by molar-refractivity contribution is 0.214. The van der Waals surface area contributed by atoms with Crippen molar-refractivity contribution < 1.29 is 4.74 Å². The average molecular weight is 269 g/mol. The molecule has 1 heterocycles. The summed E-state index contributed by atoms with van der Waals surface area (Å²) in [5.41, 5.74) is 7.28. The van der Waals surface area contributed by atoms with E-state index in [0.29, 0.717) is 0 Å². The number of ether oxygens (including phenoxy) is 1. The molecule has 2 N–H and O–H groups in total. The second-order valence-corrected chi connectivity index (χ2v) is 5.37. The van der Waals surface area contributed by atoms with E-state index in [-0.39, 0.29) is 12.1 Å². The Hall–Kier alpha value is -0.770. The third-order valence-electron chi connectivity index (χ3n) is 3.54. The quantitative estimate of drug-likeness (QED) is 0.913. The maximum absolute atomic E-state index is 6.18. The Bertz CT molecular complexity index is 403. The van der Waals surface area contributed by atoms with Crippen LogP contribution in [0.15, 0.2) is 18.2 Å². The predicted octanol–water partition coefficient (Wildman–Crippen LogP) is 2.83. The van der Waals surface area contributed by atoms with Crippen LogP contribution < -0.4 is 10.5 Å². The van der Waals surface area contributed by atoms with Gasteiger partial charge >= 0.3 is 0 Å². The van der Waals surface area contributed by atoms with Gasteiger partial charge in [0.2, 0.25) is 0 Å². The standard InChI is InChI=1S/C14H21ClN2O/c1-10(16)14(17-7-3-4-8-17)12-9-11(15)5-6-13(12)18-2/h5-6,9-10,14H,3-4,7-8,16H2,1-2H3. The highest BCUT2D eigenvalue weighted by atomic mass is 35.5. The van der Waals surface area contributed by atoms with E-state index in [9.17, 15) is 0 Å². The lowest BCUT2D eigenvalue weighted by Gasteiger charge is -2.32. The first-order valence-corrected chi connectivity index (χ1v) is 6.84. The van der Waals surface area contributed by atoms with Gasteiger partial charge in [0.15, 0.2) is 0 Å². The number of nitrogens with zero attached hydrogens (tertiary/aromatic N) is 1. The smallest absolute Gasteiger partial charge is 0.123 e. The van der Waals surface area contributed by atoms with E-state index < -0.39 is 0 Å². The molecule has 1 aromatic carbocycles. The molecule has 1 saturated heterocycles. The van der Waals surface area contributed by atoms with Crippen molar-refractivity contribution in [1.82, 2.24) is 4.90 Å². The van der Waals surface area contributed by atoms with Crippen molar-refractivity contribution in [3.05, 3.63) is 28.8 Å². The molecule has 1 aromatic rings. The summed E-state index contributed by atoms with van der Waals surface area (Å²) < 4.78 is 5.45. The van der Waals surface area contributed by atoms with Gasteiger partial charge in [0.05, 0.1) is 13.2 Å². The van der Waals surface area contributed by atoms with Crippen molar-refractivity contribution in [3.63, 3.8) is 0 Å². The number of rotatable bonds is 4. The monoisotopic (exact) mass is 268 g/mol. The first-order valence-electron chi connectivity index (χ1n) is 6.46. The number of benzene rings is 1. The van der Waals surface area contributed by atoms with Crippen LogP contribution >= 0.6 is 11.6 Å². The summed E-state index contributed by atoms with van der Waals surface area (Å²) in [7, 11) is 1.69. The molecule has 100 valence electrons. The number of hydrogen-bond acceptors (Lipinski definition) is 3. The fourth-order valence-electron chi connectivity index (χ4n) is 2.77. The van der Waals surface area contributed by atoms with Gasteiger partial charge in [0.25, 0.3) is 0 Å². The molecule has 2 rings (SSSR count). The van der Waals surface area contributed by atoms with E-state index >= 15 is 0 Å². The Balaban J connectivity index is 2.37. The van der Waals surface area contributed by atoms with Crippen molar-refractivity contribution in [3.8, 4) is 5.75 Å². The normalized spacial score (nSPS) is 19.8. The maximum atomic E-state index is 6.18. The van der Waals surface area contributed by atoms with Crippen molar-refractivity contribution in [1.29, 1.82) is 0 Å². The molecule has 0 aliphatic carbocycles. The summed E-state index contributed by atoms with van der Waals surface area (Å²) in [5.74, 6) is 0.869. The average Bonchev–Trinajstić information content (AvgIpc) is 2.83. The van der Waals surface area contributed by atoms with Gasteiger partial charge in [-0.05, 0) is 51.1 Å². The Labute approximate surface area is 114 Å². The van der Waals surface area contributed by atoms with Crippen LogP contribution in [-0.2, 0) is 0 Å². The summed E-state index contributed by atoms with van der Waals surface area (Å²) in [6.07, 6.45) is 2.48. The van der Waals surface area contributed by atoms with E-state index in [2.05, 4.69) is 4.90 Å². The summed E-state index contributed by atoms with van der Waals surface area (Å²) in [5, 5.41) is 0.732. The Kier molecular flexibility index (Phi) is 4.49. The van der Waals surface area contributed by atoms with E-state index in [1.54, 1.807) is 7.11 Å². The summed E-state index contributed by atoms with van der Waals surface area (Å²) in [6, 6.07) is 5.98. The third-order valence-corrected chi connectivity index (χ3v) is 3.78.